The summed E-state index contributed by atoms with van der Waals surface area (Å²) in [6.45, 7) is 0.927. The molecule has 13 heteroatoms. The molecule has 0 radical (unpaired) electrons. The lowest BCUT2D eigenvalue weighted by Crippen LogP contribution is -2.34. The van der Waals surface area contributed by atoms with Gasteiger partial charge in [-0.3, -0.25) is 15.0 Å². The molecule has 1 unspecified atom stereocenters. The third-order valence-corrected chi connectivity index (χ3v) is 5.63. The number of ether oxygens (including phenoxy) is 2. The molecule has 0 spiro atoms. The molecular weight excluding hydrogens is 422 g/mol. The van der Waals surface area contributed by atoms with E-state index in [2.05, 4.69) is 5.16 Å². The van der Waals surface area contributed by atoms with Gasteiger partial charge in [0.1, 0.15) is 6.61 Å². The molecule has 1 aromatic rings. The zero-order valence-electron chi connectivity index (χ0n) is 16.3. The molecule has 1 aliphatic heterocycles. The van der Waals surface area contributed by atoms with Crippen LogP contribution in [0.1, 0.15) is 18.9 Å². The first kappa shape index (κ1) is 23.1. The highest BCUT2D eigenvalue weighted by molar-refractivity contribution is 7.91. The number of amidine groups is 1. The van der Waals surface area contributed by atoms with Gasteiger partial charge in [-0.25, -0.2) is 18.0 Å². The molecule has 0 bridgehead atoms. The number of rotatable bonds is 8. The maximum atomic E-state index is 12.4. The summed E-state index contributed by atoms with van der Waals surface area (Å²) in [6.07, 6.45) is 0.0902. The highest BCUT2D eigenvalue weighted by atomic mass is 32.2. The van der Waals surface area contributed by atoms with Crippen LogP contribution < -0.4 is 0 Å². The average Bonchev–Trinajstić information content (AvgIpc) is 3.11. The van der Waals surface area contributed by atoms with Crippen LogP contribution in [0.4, 0.5) is 10.5 Å². The van der Waals surface area contributed by atoms with E-state index in [1.54, 1.807) is 6.92 Å². The number of hydrogen-bond acceptors (Lipinski definition) is 10. The van der Waals surface area contributed by atoms with Gasteiger partial charge in [-0.2, -0.15) is 0 Å². The summed E-state index contributed by atoms with van der Waals surface area (Å²) in [4.78, 5) is 39.8. The van der Waals surface area contributed by atoms with E-state index >= 15 is 0 Å². The maximum absolute atomic E-state index is 12.4. The van der Waals surface area contributed by atoms with E-state index in [4.69, 9.17) is 14.3 Å². The molecular formula is C17H21N3O9S. The smallest absolute Gasteiger partial charge is 0.415 e. The predicted molar refractivity (Wildman–Crippen MR) is 103 cm³/mol. The molecule has 164 valence electrons. The Morgan fingerprint density at radius 3 is 2.50 bits per heavy atom. The normalized spacial score (nSPS) is 17.6. The molecule has 1 heterocycles. The second-order valence-electron chi connectivity index (χ2n) is 6.33. The van der Waals surface area contributed by atoms with E-state index in [-0.39, 0.29) is 37.7 Å². The molecule has 0 saturated carbocycles. The summed E-state index contributed by atoms with van der Waals surface area (Å²) in [7, 11) is -3.47. The molecule has 0 aromatic heterocycles. The average molecular weight is 443 g/mol. The fourth-order valence-corrected chi connectivity index (χ4v) is 3.41. The summed E-state index contributed by atoms with van der Waals surface area (Å²) in [5.74, 6) is -0.657. The van der Waals surface area contributed by atoms with Gasteiger partial charge in [0.2, 0.25) is 6.61 Å². The number of nitrogens with zero attached hydrogens (tertiary/aromatic N) is 3. The number of sulfone groups is 1. The zero-order valence-corrected chi connectivity index (χ0v) is 17.2. The van der Waals surface area contributed by atoms with Gasteiger partial charge in [-0.1, -0.05) is 5.16 Å². The highest BCUT2D eigenvalue weighted by Crippen LogP contribution is 2.21. The minimum Gasteiger partial charge on any atom is -0.463 e. The van der Waals surface area contributed by atoms with Gasteiger partial charge in [0, 0.05) is 31.4 Å². The maximum Gasteiger partial charge on any atom is 0.415 e. The number of carbonyl (C=O) groups excluding carboxylic acids is 2. The number of nitro groups is 1. The SMILES string of the molecule is CCOC(=O)CO/N=C1\CC(S(C)(=O)=O)CN1C(=O)OCc1ccc([N+](=O)[O-])cc1. The number of nitro benzene ring substituents is 1. The molecule has 1 aromatic carbocycles. The number of non-ortho nitro benzene ring substituents is 1. The Bertz CT molecular complexity index is 928. The highest BCUT2D eigenvalue weighted by Gasteiger charge is 2.39. The van der Waals surface area contributed by atoms with Crippen molar-refractivity contribution in [2.24, 2.45) is 5.16 Å². The lowest BCUT2D eigenvalue weighted by atomic mass is 10.2. The summed E-state index contributed by atoms with van der Waals surface area (Å²) in [6, 6.07) is 5.42. The second kappa shape index (κ2) is 10.0. The number of amides is 1. The van der Waals surface area contributed by atoms with Crippen molar-refractivity contribution in [2.75, 3.05) is 26.0 Å². The molecule has 12 nitrogen and oxygen atoms in total. The van der Waals surface area contributed by atoms with Crippen LogP contribution in [0, 0.1) is 10.1 Å². The van der Waals surface area contributed by atoms with E-state index in [9.17, 15) is 28.1 Å². The van der Waals surface area contributed by atoms with E-state index in [0.29, 0.717) is 5.56 Å². The van der Waals surface area contributed by atoms with E-state index in [1.165, 1.54) is 24.3 Å². The summed E-state index contributed by atoms with van der Waals surface area (Å²) in [5.41, 5.74) is 0.402. The standard InChI is InChI=1S/C17H21N3O9S/c1-3-27-16(21)11-29-18-15-8-14(30(2,25)26)9-19(15)17(22)28-10-12-4-6-13(7-5-12)20(23)24/h4-7,14H,3,8-11H2,1-2H3/b18-15+. The Kier molecular flexibility index (Phi) is 7.69. The third-order valence-electron chi connectivity index (χ3n) is 4.10. The Morgan fingerprint density at radius 1 is 1.27 bits per heavy atom. The summed E-state index contributed by atoms with van der Waals surface area (Å²) >= 11 is 0. The third kappa shape index (κ3) is 6.40. The van der Waals surface area contributed by atoms with Crippen molar-refractivity contribution >= 4 is 33.4 Å². The van der Waals surface area contributed by atoms with Gasteiger partial charge in [0.15, 0.2) is 15.7 Å². The van der Waals surface area contributed by atoms with Crippen molar-refractivity contribution in [1.29, 1.82) is 0 Å². The molecule has 30 heavy (non-hydrogen) atoms. The zero-order chi connectivity index (χ0) is 22.3. The monoisotopic (exact) mass is 443 g/mol. The fraction of sp³-hybridized carbons (Fsp3) is 0.471. The number of hydrogen-bond donors (Lipinski definition) is 0. The minimum atomic E-state index is -3.47. The van der Waals surface area contributed by atoms with Crippen LogP contribution in [0.5, 0.6) is 0 Å². The van der Waals surface area contributed by atoms with Crippen LogP contribution in [0.2, 0.25) is 0 Å². The number of carbonyl (C=O) groups is 2. The number of likely N-dealkylation sites (tertiary alicyclic amines) is 1. The molecule has 0 N–H and O–H groups in total. The Balaban J connectivity index is 2.04. The van der Waals surface area contributed by atoms with Crippen LogP contribution in [0.25, 0.3) is 0 Å². The molecule has 0 aliphatic carbocycles. The molecule has 1 fully saturated rings. The molecule has 1 amide bonds. The van der Waals surface area contributed by atoms with Crippen LogP contribution in [-0.2, 0) is 35.5 Å². The van der Waals surface area contributed by atoms with Crippen molar-refractivity contribution in [3.63, 3.8) is 0 Å². The van der Waals surface area contributed by atoms with E-state index < -0.39 is 38.7 Å². The fourth-order valence-electron chi connectivity index (χ4n) is 2.54. The van der Waals surface area contributed by atoms with Gasteiger partial charge in [-0.05, 0) is 24.6 Å². The Morgan fingerprint density at radius 2 is 1.93 bits per heavy atom. The summed E-state index contributed by atoms with van der Waals surface area (Å²) < 4.78 is 33.6. The Hall–Kier alpha value is -3.22. The number of oxime groups is 1. The van der Waals surface area contributed by atoms with Gasteiger partial charge in [-0.15, -0.1) is 0 Å². The van der Waals surface area contributed by atoms with Crippen LogP contribution in [0.15, 0.2) is 29.4 Å². The molecule has 2 rings (SSSR count). The topological polar surface area (TPSA) is 155 Å². The second-order valence-corrected chi connectivity index (χ2v) is 8.66. The van der Waals surface area contributed by atoms with Crippen molar-refractivity contribution < 1.29 is 37.2 Å². The van der Waals surface area contributed by atoms with Crippen molar-refractivity contribution in [2.45, 2.75) is 25.2 Å². The van der Waals surface area contributed by atoms with E-state index in [1.807, 2.05) is 0 Å². The van der Waals surface area contributed by atoms with Crippen molar-refractivity contribution in [3.05, 3.63) is 39.9 Å². The first-order chi connectivity index (χ1) is 14.1. The number of benzene rings is 1. The van der Waals surface area contributed by atoms with Gasteiger partial charge < -0.3 is 14.3 Å². The van der Waals surface area contributed by atoms with Gasteiger partial charge in [0.05, 0.1) is 16.8 Å². The van der Waals surface area contributed by atoms with Crippen molar-refractivity contribution in [1.82, 2.24) is 4.90 Å². The first-order valence-electron chi connectivity index (χ1n) is 8.82. The van der Waals surface area contributed by atoms with Crippen LogP contribution in [-0.4, -0.2) is 67.4 Å². The number of esters is 1. The van der Waals surface area contributed by atoms with Crippen LogP contribution >= 0.6 is 0 Å². The van der Waals surface area contributed by atoms with Gasteiger partial charge in [0.25, 0.3) is 5.69 Å². The predicted octanol–water partition coefficient (Wildman–Crippen LogP) is 1.24. The first-order valence-corrected chi connectivity index (χ1v) is 10.8. The van der Waals surface area contributed by atoms with Gasteiger partial charge >= 0.3 is 12.1 Å². The summed E-state index contributed by atoms with van der Waals surface area (Å²) in [5, 5.41) is 13.5. The Labute approximate surface area is 172 Å². The molecule has 1 saturated heterocycles. The molecule has 1 aliphatic rings. The molecule has 1 atom stereocenters. The van der Waals surface area contributed by atoms with Crippen LogP contribution in [0.3, 0.4) is 0 Å². The van der Waals surface area contributed by atoms with Crippen molar-refractivity contribution in [3.8, 4) is 0 Å². The quantitative estimate of drug-likeness (QED) is 0.328. The van der Waals surface area contributed by atoms with E-state index in [0.717, 1.165) is 11.2 Å². The lowest BCUT2D eigenvalue weighted by Gasteiger charge is -2.16. The minimum absolute atomic E-state index is 0.00317. The largest absolute Gasteiger partial charge is 0.463 e. The lowest BCUT2D eigenvalue weighted by molar-refractivity contribution is -0.384.